The van der Waals surface area contributed by atoms with Gasteiger partial charge in [0.15, 0.2) is 0 Å². The standard InChI is InChI=1S/C10H8ClIN4/c11-7-2-1-3-8(9(7)10(13)14)16-5-6(12)4-15-16/h1-5H,(H3,13,14). The van der Waals surface area contributed by atoms with Crippen molar-refractivity contribution in [1.29, 1.82) is 5.41 Å². The summed E-state index contributed by atoms with van der Waals surface area (Å²) in [5.74, 6) is -0.0638. The van der Waals surface area contributed by atoms with Crippen molar-refractivity contribution in [3.05, 3.63) is 44.7 Å². The average molecular weight is 347 g/mol. The molecule has 2 rings (SSSR count). The Morgan fingerprint density at radius 1 is 1.50 bits per heavy atom. The molecule has 1 aromatic heterocycles. The molecule has 0 aliphatic heterocycles. The Bertz CT molecular complexity index is 550. The fourth-order valence-electron chi connectivity index (χ4n) is 1.40. The van der Waals surface area contributed by atoms with Crippen LogP contribution in [-0.2, 0) is 0 Å². The maximum Gasteiger partial charge on any atom is 0.126 e. The zero-order valence-corrected chi connectivity index (χ0v) is 11.0. The van der Waals surface area contributed by atoms with Crippen LogP contribution in [0.15, 0.2) is 30.6 Å². The first-order chi connectivity index (χ1) is 7.59. The molecule has 0 fully saturated rings. The van der Waals surface area contributed by atoms with Crippen LogP contribution < -0.4 is 5.73 Å². The Hall–Kier alpha value is -1.08. The molecule has 0 unspecified atom stereocenters. The van der Waals surface area contributed by atoms with Crippen LogP contribution in [0.5, 0.6) is 0 Å². The Morgan fingerprint density at radius 2 is 2.25 bits per heavy atom. The molecule has 2 aromatic rings. The zero-order chi connectivity index (χ0) is 11.7. The van der Waals surface area contributed by atoms with Gasteiger partial charge in [-0.05, 0) is 34.7 Å². The van der Waals surface area contributed by atoms with Gasteiger partial charge in [0, 0.05) is 6.20 Å². The molecule has 0 atom stereocenters. The number of nitrogen functional groups attached to an aromatic ring is 1. The second-order valence-corrected chi connectivity index (χ2v) is 4.80. The summed E-state index contributed by atoms with van der Waals surface area (Å²) in [6.07, 6.45) is 3.57. The monoisotopic (exact) mass is 346 g/mol. The van der Waals surface area contributed by atoms with Crippen molar-refractivity contribution in [3.63, 3.8) is 0 Å². The Balaban J connectivity index is 2.65. The number of hydrogen-bond acceptors (Lipinski definition) is 2. The minimum absolute atomic E-state index is 0.0638. The number of nitrogens with two attached hydrogens (primary N) is 1. The summed E-state index contributed by atoms with van der Waals surface area (Å²) in [5.41, 5.74) is 6.73. The van der Waals surface area contributed by atoms with Gasteiger partial charge in [0.1, 0.15) is 5.84 Å². The van der Waals surface area contributed by atoms with Gasteiger partial charge in [-0.1, -0.05) is 17.7 Å². The average Bonchev–Trinajstić information content (AvgIpc) is 2.63. The summed E-state index contributed by atoms with van der Waals surface area (Å²) >= 11 is 8.18. The van der Waals surface area contributed by atoms with Crippen LogP contribution in [0.25, 0.3) is 5.69 Å². The van der Waals surface area contributed by atoms with E-state index in [-0.39, 0.29) is 5.84 Å². The van der Waals surface area contributed by atoms with Gasteiger partial charge in [-0.3, -0.25) is 5.41 Å². The summed E-state index contributed by atoms with van der Waals surface area (Å²) in [7, 11) is 0. The van der Waals surface area contributed by atoms with E-state index >= 15 is 0 Å². The maximum absolute atomic E-state index is 7.52. The molecule has 0 saturated heterocycles. The van der Waals surface area contributed by atoms with Crippen LogP contribution in [-0.4, -0.2) is 15.6 Å². The van der Waals surface area contributed by atoms with Crippen molar-refractivity contribution in [2.75, 3.05) is 0 Å². The van der Waals surface area contributed by atoms with Crippen molar-refractivity contribution < 1.29 is 0 Å². The van der Waals surface area contributed by atoms with E-state index in [9.17, 15) is 0 Å². The second kappa shape index (κ2) is 4.42. The molecule has 1 aromatic carbocycles. The van der Waals surface area contributed by atoms with E-state index < -0.39 is 0 Å². The SMILES string of the molecule is N=C(N)c1c(Cl)cccc1-n1cc(I)cn1. The summed E-state index contributed by atoms with van der Waals surface area (Å²) < 4.78 is 2.66. The number of aromatic nitrogens is 2. The van der Waals surface area contributed by atoms with Gasteiger partial charge in [-0.2, -0.15) is 5.10 Å². The molecule has 0 bridgehead atoms. The topological polar surface area (TPSA) is 67.7 Å². The Morgan fingerprint density at radius 3 is 2.81 bits per heavy atom. The Kier molecular flexibility index (Phi) is 3.15. The summed E-state index contributed by atoms with van der Waals surface area (Å²) in [5, 5.41) is 12.1. The van der Waals surface area contributed by atoms with E-state index in [0.29, 0.717) is 16.3 Å². The molecule has 4 nitrogen and oxygen atoms in total. The molecule has 0 aliphatic rings. The predicted molar refractivity (Wildman–Crippen MR) is 72.3 cm³/mol. The van der Waals surface area contributed by atoms with Crippen LogP contribution in [0.4, 0.5) is 0 Å². The molecule has 16 heavy (non-hydrogen) atoms. The molecule has 82 valence electrons. The third-order valence-corrected chi connectivity index (χ3v) is 2.93. The first kappa shape index (κ1) is 11.4. The number of amidine groups is 1. The molecular weight excluding hydrogens is 338 g/mol. The molecule has 0 saturated carbocycles. The third kappa shape index (κ3) is 2.05. The lowest BCUT2D eigenvalue weighted by Crippen LogP contribution is -2.15. The number of nitrogens with zero attached hydrogens (tertiary/aromatic N) is 2. The van der Waals surface area contributed by atoms with Crippen molar-refractivity contribution in [2.24, 2.45) is 5.73 Å². The third-order valence-electron chi connectivity index (χ3n) is 2.06. The normalized spacial score (nSPS) is 10.4. The van der Waals surface area contributed by atoms with Gasteiger partial charge in [0.2, 0.25) is 0 Å². The summed E-state index contributed by atoms with van der Waals surface area (Å²) in [4.78, 5) is 0. The van der Waals surface area contributed by atoms with Crippen molar-refractivity contribution in [1.82, 2.24) is 9.78 Å². The van der Waals surface area contributed by atoms with Gasteiger partial charge in [0.25, 0.3) is 0 Å². The van der Waals surface area contributed by atoms with Crippen LogP contribution in [0.3, 0.4) is 0 Å². The van der Waals surface area contributed by atoms with E-state index in [1.165, 1.54) is 0 Å². The highest BCUT2D eigenvalue weighted by molar-refractivity contribution is 14.1. The number of nitrogens with one attached hydrogen (secondary N) is 1. The number of benzene rings is 1. The number of hydrogen-bond donors (Lipinski definition) is 2. The highest BCUT2D eigenvalue weighted by Crippen LogP contribution is 2.22. The van der Waals surface area contributed by atoms with Crippen LogP contribution in [0, 0.1) is 8.98 Å². The van der Waals surface area contributed by atoms with Crippen molar-refractivity contribution >= 4 is 40.0 Å². The maximum atomic E-state index is 7.52. The van der Waals surface area contributed by atoms with Gasteiger partial charge in [0.05, 0.1) is 26.0 Å². The second-order valence-electron chi connectivity index (χ2n) is 3.15. The quantitative estimate of drug-likeness (QED) is 0.498. The van der Waals surface area contributed by atoms with E-state index in [4.69, 9.17) is 22.7 Å². The highest BCUT2D eigenvalue weighted by Gasteiger charge is 2.11. The first-order valence-corrected chi connectivity index (χ1v) is 5.88. The lowest BCUT2D eigenvalue weighted by molar-refractivity contribution is 0.878. The molecule has 3 N–H and O–H groups in total. The lowest BCUT2D eigenvalue weighted by atomic mass is 10.1. The molecule has 0 radical (unpaired) electrons. The fraction of sp³-hybridized carbons (Fsp3) is 0. The van der Waals surface area contributed by atoms with Crippen LogP contribution >= 0.6 is 34.2 Å². The predicted octanol–water partition coefficient (Wildman–Crippen LogP) is 2.41. The van der Waals surface area contributed by atoms with Gasteiger partial charge in [-0.15, -0.1) is 0 Å². The van der Waals surface area contributed by atoms with Crippen molar-refractivity contribution in [2.45, 2.75) is 0 Å². The number of halogens is 2. The van der Waals surface area contributed by atoms with Crippen molar-refractivity contribution in [3.8, 4) is 5.69 Å². The summed E-state index contributed by atoms with van der Waals surface area (Å²) in [6.45, 7) is 0. The fourth-order valence-corrected chi connectivity index (χ4v) is 2.06. The summed E-state index contributed by atoms with van der Waals surface area (Å²) in [6, 6.07) is 5.33. The van der Waals surface area contributed by atoms with E-state index in [1.54, 1.807) is 23.0 Å². The minimum atomic E-state index is -0.0638. The molecule has 0 spiro atoms. The number of rotatable bonds is 2. The van der Waals surface area contributed by atoms with E-state index in [0.717, 1.165) is 3.57 Å². The van der Waals surface area contributed by atoms with Crippen LogP contribution in [0.1, 0.15) is 5.56 Å². The van der Waals surface area contributed by atoms with Gasteiger partial charge < -0.3 is 5.73 Å². The molecular formula is C10H8ClIN4. The zero-order valence-electron chi connectivity index (χ0n) is 8.11. The van der Waals surface area contributed by atoms with E-state index in [2.05, 4.69) is 27.7 Å². The largest absolute Gasteiger partial charge is 0.384 e. The molecule has 0 aliphatic carbocycles. The van der Waals surface area contributed by atoms with Gasteiger partial charge >= 0.3 is 0 Å². The molecule has 1 heterocycles. The Labute approximate surface area is 111 Å². The minimum Gasteiger partial charge on any atom is -0.384 e. The molecule has 6 heteroatoms. The highest BCUT2D eigenvalue weighted by atomic mass is 127. The van der Waals surface area contributed by atoms with Crippen LogP contribution in [0.2, 0.25) is 5.02 Å². The molecule has 0 amide bonds. The first-order valence-electron chi connectivity index (χ1n) is 4.43. The lowest BCUT2D eigenvalue weighted by Gasteiger charge is -2.09. The van der Waals surface area contributed by atoms with Gasteiger partial charge in [-0.25, -0.2) is 4.68 Å². The smallest absolute Gasteiger partial charge is 0.126 e. The van der Waals surface area contributed by atoms with E-state index in [1.807, 2.05) is 12.3 Å².